The number of aromatic nitrogens is 3. The third-order valence-corrected chi connectivity index (χ3v) is 5.02. The molecule has 124 valence electrons. The number of rotatable bonds is 4. The zero-order valence-electron chi connectivity index (χ0n) is 14.0. The topological polar surface area (TPSA) is 77.0 Å². The lowest BCUT2D eigenvalue weighted by molar-refractivity contribution is 0.0605. The van der Waals surface area contributed by atoms with Crippen LogP contribution in [0.2, 0.25) is 0 Å². The Bertz CT molecular complexity index is 920. The minimum atomic E-state index is -0.343. The predicted molar refractivity (Wildman–Crippen MR) is 94.5 cm³/mol. The van der Waals surface area contributed by atoms with Crippen molar-refractivity contribution in [2.24, 2.45) is 0 Å². The Morgan fingerprint density at radius 2 is 2.08 bits per heavy atom. The molecule has 0 aliphatic rings. The van der Waals surface area contributed by atoms with Gasteiger partial charge in [-0.3, -0.25) is 4.98 Å². The molecule has 3 aromatic heterocycles. The maximum absolute atomic E-state index is 11.9. The van der Waals surface area contributed by atoms with Gasteiger partial charge in [0, 0.05) is 18.9 Å². The van der Waals surface area contributed by atoms with Gasteiger partial charge in [0.15, 0.2) is 0 Å². The average Bonchev–Trinajstić information content (AvgIpc) is 2.89. The van der Waals surface area contributed by atoms with E-state index in [-0.39, 0.29) is 5.97 Å². The van der Waals surface area contributed by atoms with E-state index in [0.717, 1.165) is 32.7 Å². The van der Waals surface area contributed by atoms with Crippen molar-refractivity contribution in [3.05, 3.63) is 45.9 Å². The Labute approximate surface area is 143 Å². The van der Waals surface area contributed by atoms with Crippen LogP contribution < -0.4 is 5.32 Å². The third kappa shape index (κ3) is 2.94. The average molecular weight is 342 g/mol. The fourth-order valence-electron chi connectivity index (χ4n) is 2.54. The maximum atomic E-state index is 11.9. The molecule has 0 bridgehead atoms. The molecule has 0 saturated carbocycles. The largest absolute Gasteiger partial charge is 0.465 e. The molecule has 0 fully saturated rings. The highest BCUT2D eigenvalue weighted by molar-refractivity contribution is 7.20. The van der Waals surface area contributed by atoms with Crippen molar-refractivity contribution in [3.63, 3.8) is 0 Å². The molecule has 0 radical (unpaired) electrons. The number of nitrogens with zero attached hydrogens (tertiary/aromatic N) is 3. The number of ether oxygens (including phenoxy) is 1. The number of anilines is 1. The van der Waals surface area contributed by atoms with Crippen LogP contribution in [0.4, 0.5) is 5.82 Å². The molecule has 0 aromatic carbocycles. The van der Waals surface area contributed by atoms with Crippen LogP contribution in [0.25, 0.3) is 10.2 Å². The summed E-state index contributed by atoms with van der Waals surface area (Å²) < 4.78 is 4.86. The van der Waals surface area contributed by atoms with Gasteiger partial charge in [-0.05, 0) is 43.5 Å². The summed E-state index contributed by atoms with van der Waals surface area (Å²) in [5.41, 5.74) is 3.11. The number of fused-ring (bicyclic) bond motifs is 1. The van der Waals surface area contributed by atoms with E-state index in [9.17, 15) is 4.79 Å². The smallest absolute Gasteiger partial charge is 0.348 e. The second kappa shape index (κ2) is 6.52. The Balaban J connectivity index is 2.02. The number of esters is 1. The molecule has 1 N–H and O–H groups in total. The van der Waals surface area contributed by atoms with Crippen molar-refractivity contribution in [1.29, 1.82) is 0 Å². The molecular formula is C17H18N4O2S. The van der Waals surface area contributed by atoms with Crippen LogP contribution >= 0.6 is 11.3 Å². The molecule has 0 saturated heterocycles. The fourth-order valence-corrected chi connectivity index (χ4v) is 3.69. The van der Waals surface area contributed by atoms with Crippen LogP contribution in [0.3, 0.4) is 0 Å². The van der Waals surface area contributed by atoms with Gasteiger partial charge in [-0.2, -0.15) is 0 Å². The zero-order valence-corrected chi connectivity index (χ0v) is 14.8. The van der Waals surface area contributed by atoms with E-state index < -0.39 is 0 Å². The van der Waals surface area contributed by atoms with E-state index in [1.165, 1.54) is 18.4 Å². The van der Waals surface area contributed by atoms with Crippen LogP contribution in [-0.4, -0.2) is 28.0 Å². The van der Waals surface area contributed by atoms with Crippen molar-refractivity contribution < 1.29 is 9.53 Å². The highest BCUT2D eigenvalue weighted by Gasteiger charge is 2.20. The van der Waals surface area contributed by atoms with Crippen LogP contribution in [-0.2, 0) is 11.3 Å². The maximum Gasteiger partial charge on any atom is 0.348 e. The van der Waals surface area contributed by atoms with E-state index in [4.69, 9.17) is 4.74 Å². The van der Waals surface area contributed by atoms with Gasteiger partial charge in [-0.15, -0.1) is 11.3 Å². The van der Waals surface area contributed by atoms with Crippen molar-refractivity contribution in [3.8, 4) is 0 Å². The van der Waals surface area contributed by atoms with Gasteiger partial charge in [0.05, 0.1) is 12.5 Å². The summed E-state index contributed by atoms with van der Waals surface area (Å²) in [6.45, 7) is 6.39. The van der Waals surface area contributed by atoms with Crippen LogP contribution in [0, 0.1) is 20.8 Å². The second-order valence-electron chi connectivity index (χ2n) is 5.50. The molecule has 0 aliphatic heterocycles. The molecule has 0 unspecified atom stereocenters. The monoisotopic (exact) mass is 342 g/mol. The number of hydrogen-bond donors (Lipinski definition) is 1. The highest BCUT2D eigenvalue weighted by Crippen LogP contribution is 2.34. The summed E-state index contributed by atoms with van der Waals surface area (Å²) >= 11 is 1.33. The molecular weight excluding hydrogens is 324 g/mol. The van der Waals surface area contributed by atoms with E-state index in [1.807, 2.05) is 33.0 Å². The summed E-state index contributed by atoms with van der Waals surface area (Å²) in [5.74, 6) is 1.05. The first-order chi connectivity index (χ1) is 11.5. The van der Waals surface area contributed by atoms with Gasteiger partial charge in [0.1, 0.15) is 21.3 Å². The van der Waals surface area contributed by atoms with Gasteiger partial charge in [-0.25, -0.2) is 14.8 Å². The Kier molecular flexibility index (Phi) is 4.44. The number of thiophene rings is 1. The minimum absolute atomic E-state index is 0.343. The van der Waals surface area contributed by atoms with Crippen LogP contribution in [0.15, 0.2) is 18.5 Å². The van der Waals surface area contributed by atoms with E-state index >= 15 is 0 Å². The number of methoxy groups -OCH3 is 1. The fraction of sp³-hybridized carbons (Fsp3) is 0.294. The summed E-state index contributed by atoms with van der Waals surface area (Å²) in [6, 6.07) is 1.98. The van der Waals surface area contributed by atoms with Crippen molar-refractivity contribution in [1.82, 2.24) is 15.0 Å². The molecule has 0 aliphatic carbocycles. The first-order valence-corrected chi connectivity index (χ1v) is 8.32. The van der Waals surface area contributed by atoms with E-state index in [2.05, 4.69) is 20.3 Å². The van der Waals surface area contributed by atoms with Crippen LogP contribution in [0.5, 0.6) is 0 Å². The molecule has 3 aromatic rings. The summed E-state index contributed by atoms with van der Waals surface area (Å²) in [4.78, 5) is 26.4. The lowest BCUT2D eigenvalue weighted by Crippen LogP contribution is -2.05. The first-order valence-electron chi connectivity index (χ1n) is 7.50. The minimum Gasteiger partial charge on any atom is -0.465 e. The number of nitrogens with one attached hydrogen (secondary N) is 1. The molecule has 3 heterocycles. The molecule has 0 atom stereocenters. The lowest BCUT2D eigenvalue weighted by atomic mass is 10.1. The number of carbonyl (C=O) groups excluding carboxylic acids is 1. The Hall–Kier alpha value is -2.54. The standard InChI is InChI=1S/C17H18N4O2S/c1-9-7-18-6-5-12(9)8-19-15-13-10(2)14(17(22)23-4)24-16(13)21-11(3)20-15/h5-7H,8H2,1-4H3,(H,19,20,21). The third-order valence-electron chi connectivity index (χ3n) is 3.86. The Morgan fingerprint density at radius 1 is 1.29 bits per heavy atom. The molecule has 6 nitrogen and oxygen atoms in total. The number of aryl methyl sites for hydroxylation is 3. The van der Waals surface area contributed by atoms with Gasteiger partial charge in [-0.1, -0.05) is 0 Å². The normalized spacial score (nSPS) is 10.8. The quantitative estimate of drug-likeness (QED) is 0.732. The number of pyridine rings is 1. The molecule has 0 amide bonds. The molecule has 24 heavy (non-hydrogen) atoms. The SMILES string of the molecule is COC(=O)c1sc2nc(C)nc(NCc3ccncc3C)c2c1C. The van der Waals surface area contributed by atoms with Crippen molar-refractivity contribution in [2.45, 2.75) is 27.3 Å². The van der Waals surface area contributed by atoms with E-state index in [1.54, 1.807) is 6.20 Å². The van der Waals surface area contributed by atoms with Gasteiger partial charge < -0.3 is 10.1 Å². The van der Waals surface area contributed by atoms with Gasteiger partial charge in [0.2, 0.25) is 0 Å². The molecule has 3 rings (SSSR count). The lowest BCUT2D eigenvalue weighted by Gasteiger charge is -2.10. The predicted octanol–water partition coefficient (Wildman–Crippen LogP) is 3.41. The van der Waals surface area contributed by atoms with Gasteiger partial charge in [0.25, 0.3) is 0 Å². The van der Waals surface area contributed by atoms with Crippen LogP contribution in [0.1, 0.15) is 32.2 Å². The zero-order chi connectivity index (χ0) is 17.3. The van der Waals surface area contributed by atoms with Crippen molar-refractivity contribution in [2.75, 3.05) is 12.4 Å². The summed E-state index contributed by atoms with van der Waals surface area (Å²) in [5, 5.41) is 4.25. The van der Waals surface area contributed by atoms with Gasteiger partial charge >= 0.3 is 5.97 Å². The Morgan fingerprint density at radius 3 is 2.79 bits per heavy atom. The highest BCUT2D eigenvalue weighted by atomic mass is 32.1. The number of hydrogen-bond acceptors (Lipinski definition) is 7. The van der Waals surface area contributed by atoms with E-state index in [0.29, 0.717) is 17.2 Å². The molecule has 0 spiro atoms. The first kappa shape index (κ1) is 16.3. The summed E-state index contributed by atoms with van der Waals surface area (Å²) in [6.07, 6.45) is 3.61. The number of carbonyl (C=O) groups is 1. The molecule has 7 heteroatoms. The van der Waals surface area contributed by atoms with Crippen molar-refractivity contribution >= 4 is 33.3 Å². The summed E-state index contributed by atoms with van der Waals surface area (Å²) in [7, 11) is 1.38. The second-order valence-corrected chi connectivity index (χ2v) is 6.50.